The van der Waals surface area contributed by atoms with E-state index in [4.69, 9.17) is 16.3 Å². The highest BCUT2D eigenvalue weighted by molar-refractivity contribution is 6.32. The minimum Gasteiger partial charge on any atom is -0.497 e. The van der Waals surface area contributed by atoms with E-state index in [2.05, 4.69) is 10.2 Å². The fourth-order valence-corrected chi connectivity index (χ4v) is 2.87. The number of rotatable bonds is 3. The van der Waals surface area contributed by atoms with Gasteiger partial charge in [0.1, 0.15) is 23.2 Å². The van der Waals surface area contributed by atoms with Gasteiger partial charge in [0.15, 0.2) is 5.15 Å². The first-order valence-corrected chi connectivity index (χ1v) is 7.62. The molecule has 0 atom stereocenters. The minimum absolute atomic E-state index is 0.0115. The van der Waals surface area contributed by atoms with Gasteiger partial charge in [-0.05, 0) is 24.6 Å². The number of nitrogens with zero attached hydrogens (tertiary/aromatic N) is 2. The Balaban J connectivity index is 2.37. The largest absolute Gasteiger partial charge is 0.497 e. The Morgan fingerprint density at radius 1 is 0.920 bits per heavy atom. The lowest BCUT2D eigenvalue weighted by atomic mass is 9.94. The zero-order valence-corrected chi connectivity index (χ0v) is 14.0. The van der Waals surface area contributed by atoms with Crippen LogP contribution in [0.1, 0.15) is 5.69 Å². The van der Waals surface area contributed by atoms with Crippen LogP contribution in [-0.2, 0) is 0 Å². The second kappa shape index (κ2) is 6.72. The number of methoxy groups -OCH3 is 1. The van der Waals surface area contributed by atoms with Crippen molar-refractivity contribution in [1.82, 2.24) is 10.2 Å². The Kier molecular flexibility index (Phi) is 4.63. The smallest absolute Gasteiger partial charge is 0.160 e. The monoisotopic (exact) mass is 364 g/mol. The average Bonchev–Trinajstić information content (AvgIpc) is 2.57. The van der Waals surface area contributed by atoms with Crippen molar-refractivity contribution in [2.75, 3.05) is 7.11 Å². The predicted octanol–water partition coefficient (Wildman–Crippen LogP) is 5.20. The molecule has 0 spiro atoms. The zero-order chi connectivity index (χ0) is 18.1. The van der Waals surface area contributed by atoms with Gasteiger partial charge in [-0.3, -0.25) is 0 Å². The molecule has 2 aromatic carbocycles. The summed E-state index contributed by atoms with van der Waals surface area (Å²) in [4.78, 5) is 0. The Bertz CT molecular complexity index is 940. The SMILES string of the molecule is COc1cccc(-c2c(C)nnc(Cl)c2-c2c(F)cc(F)cc2F)c1. The van der Waals surface area contributed by atoms with Crippen LogP contribution in [-0.4, -0.2) is 17.3 Å². The van der Waals surface area contributed by atoms with E-state index in [0.29, 0.717) is 34.7 Å². The summed E-state index contributed by atoms with van der Waals surface area (Å²) in [6.07, 6.45) is 0. The Morgan fingerprint density at radius 3 is 2.24 bits per heavy atom. The van der Waals surface area contributed by atoms with Crippen molar-refractivity contribution < 1.29 is 17.9 Å². The van der Waals surface area contributed by atoms with Crippen LogP contribution in [0.4, 0.5) is 13.2 Å². The van der Waals surface area contributed by atoms with Gasteiger partial charge in [0.05, 0.1) is 18.4 Å². The maximum atomic E-state index is 14.3. The van der Waals surface area contributed by atoms with E-state index in [9.17, 15) is 13.2 Å². The van der Waals surface area contributed by atoms with Gasteiger partial charge in [-0.15, -0.1) is 5.10 Å². The first kappa shape index (κ1) is 17.2. The Labute approximate surface area is 147 Å². The highest BCUT2D eigenvalue weighted by Gasteiger charge is 2.23. The van der Waals surface area contributed by atoms with E-state index in [-0.39, 0.29) is 10.7 Å². The first-order valence-electron chi connectivity index (χ1n) is 7.24. The minimum atomic E-state index is -1.07. The third kappa shape index (κ3) is 3.17. The number of aryl methyl sites for hydroxylation is 1. The molecule has 0 N–H and O–H groups in total. The van der Waals surface area contributed by atoms with Gasteiger partial charge >= 0.3 is 0 Å². The molecule has 0 aliphatic heterocycles. The molecule has 3 rings (SSSR count). The molecule has 0 fully saturated rings. The van der Waals surface area contributed by atoms with Crippen molar-refractivity contribution in [3.63, 3.8) is 0 Å². The first-order chi connectivity index (χ1) is 11.9. The third-order valence-corrected chi connectivity index (χ3v) is 3.99. The second-order valence-corrected chi connectivity index (χ2v) is 5.66. The number of aromatic nitrogens is 2. The lowest BCUT2D eigenvalue weighted by Gasteiger charge is -2.15. The molecule has 3 aromatic rings. The lowest BCUT2D eigenvalue weighted by molar-refractivity contribution is 0.415. The van der Waals surface area contributed by atoms with Crippen LogP contribution in [0, 0.1) is 24.4 Å². The highest BCUT2D eigenvalue weighted by Crippen LogP contribution is 2.41. The summed E-state index contributed by atoms with van der Waals surface area (Å²) < 4.78 is 47.1. The number of hydrogen-bond donors (Lipinski definition) is 0. The molecule has 7 heteroatoms. The fourth-order valence-electron chi connectivity index (χ4n) is 2.64. The quantitative estimate of drug-likeness (QED) is 0.641. The topological polar surface area (TPSA) is 35.0 Å². The summed E-state index contributed by atoms with van der Waals surface area (Å²) in [5.74, 6) is -2.61. The maximum Gasteiger partial charge on any atom is 0.160 e. The second-order valence-electron chi connectivity index (χ2n) is 5.30. The van der Waals surface area contributed by atoms with Crippen LogP contribution < -0.4 is 4.74 Å². The summed E-state index contributed by atoms with van der Waals surface area (Å²) in [5.41, 5.74) is 0.950. The van der Waals surface area contributed by atoms with Crippen LogP contribution in [0.2, 0.25) is 5.15 Å². The Morgan fingerprint density at radius 2 is 1.60 bits per heavy atom. The van der Waals surface area contributed by atoms with Crippen molar-refractivity contribution >= 4 is 11.6 Å². The van der Waals surface area contributed by atoms with Gasteiger partial charge in [-0.1, -0.05) is 23.7 Å². The van der Waals surface area contributed by atoms with Gasteiger partial charge in [0.2, 0.25) is 0 Å². The summed E-state index contributed by atoms with van der Waals surface area (Å²) in [7, 11) is 1.50. The van der Waals surface area contributed by atoms with Gasteiger partial charge < -0.3 is 4.74 Å². The summed E-state index contributed by atoms with van der Waals surface area (Å²) >= 11 is 6.11. The van der Waals surface area contributed by atoms with Crippen LogP contribution in [0.5, 0.6) is 5.75 Å². The molecule has 0 amide bonds. The van der Waals surface area contributed by atoms with Gasteiger partial charge in [0, 0.05) is 23.3 Å². The average molecular weight is 365 g/mol. The molecule has 0 saturated heterocycles. The molecule has 0 bridgehead atoms. The van der Waals surface area contributed by atoms with Gasteiger partial charge in [-0.2, -0.15) is 5.10 Å². The molecule has 1 heterocycles. The van der Waals surface area contributed by atoms with Crippen LogP contribution in [0.25, 0.3) is 22.3 Å². The normalized spacial score (nSPS) is 10.8. The van der Waals surface area contributed by atoms with E-state index in [1.807, 2.05) is 0 Å². The highest BCUT2D eigenvalue weighted by atomic mass is 35.5. The molecule has 3 nitrogen and oxygen atoms in total. The molecule has 0 aliphatic carbocycles. The molecule has 0 unspecified atom stereocenters. The molecule has 25 heavy (non-hydrogen) atoms. The zero-order valence-electron chi connectivity index (χ0n) is 13.3. The molecule has 0 saturated carbocycles. The fraction of sp³-hybridized carbons (Fsp3) is 0.111. The van der Waals surface area contributed by atoms with E-state index >= 15 is 0 Å². The summed E-state index contributed by atoms with van der Waals surface area (Å²) in [5, 5.41) is 7.49. The number of ether oxygens (including phenoxy) is 1. The molecule has 0 aliphatic rings. The van der Waals surface area contributed by atoms with Crippen molar-refractivity contribution in [2.45, 2.75) is 6.92 Å². The van der Waals surface area contributed by atoms with Gasteiger partial charge in [-0.25, -0.2) is 13.2 Å². The number of benzene rings is 2. The lowest BCUT2D eigenvalue weighted by Crippen LogP contribution is -2.01. The van der Waals surface area contributed by atoms with Crippen LogP contribution >= 0.6 is 11.6 Å². The maximum absolute atomic E-state index is 14.3. The van der Waals surface area contributed by atoms with E-state index in [1.54, 1.807) is 31.2 Å². The predicted molar refractivity (Wildman–Crippen MR) is 89.1 cm³/mol. The van der Waals surface area contributed by atoms with Crippen molar-refractivity contribution in [1.29, 1.82) is 0 Å². The Hall–Kier alpha value is -2.60. The van der Waals surface area contributed by atoms with Gasteiger partial charge in [0.25, 0.3) is 0 Å². The molecule has 1 aromatic heterocycles. The van der Waals surface area contributed by atoms with E-state index in [0.717, 1.165) is 0 Å². The third-order valence-electron chi connectivity index (χ3n) is 3.72. The molecule has 128 valence electrons. The van der Waals surface area contributed by atoms with E-state index in [1.165, 1.54) is 7.11 Å². The number of hydrogen-bond acceptors (Lipinski definition) is 3. The van der Waals surface area contributed by atoms with Crippen molar-refractivity contribution in [3.05, 3.63) is 64.7 Å². The number of halogens is 4. The molecule has 0 radical (unpaired) electrons. The standard InChI is InChI=1S/C18H12ClF3N2O/c1-9-15(10-4-3-5-12(6-10)25-2)17(18(19)24-23-9)16-13(21)7-11(20)8-14(16)22/h3-8H,1-2H3. The van der Waals surface area contributed by atoms with Crippen LogP contribution in [0.15, 0.2) is 36.4 Å². The summed E-state index contributed by atoms with van der Waals surface area (Å²) in [6.45, 7) is 1.64. The van der Waals surface area contributed by atoms with Crippen molar-refractivity contribution in [2.24, 2.45) is 0 Å². The van der Waals surface area contributed by atoms with Crippen LogP contribution in [0.3, 0.4) is 0 Å². The molecular weight excluding hydrogens is 353 g/mol. The van der Waals surface area contributed by atoms with E-state index < -0.39 is 23.0 Å². The summed E-state index contributed by atoms with van der Waals surface area (Å²) in [6, 6.07) is 8.06. The van der Waals surface area contributed by atoms with Crippen molar-refractivity contribution in [3.8, 4) is 28.0 Å². The molecular formula is C18H12ClF3N2O.